The average molecular weight is 279 g/mol. The summed E-state index contributed by atoms with van der Waals surface area (Å²) in [7, 11) is 0. The first-order chi connectivity index (χ1) is 9.65. The summed E-state index contributed by atoms with van der Waals surface area (Å²) in [5.74, 6) is -0.972. The highest BCUT2D eigenvalue weighted by Crippen LogP contribution is 2.21. The van der Waals surface area contributed by atoms with E-state index in [1.165, 1.54) is 6.07 Å². The fourth-order valence-corrected chi connectivity index (χ4v) is 2.67. The number of phenols is 1. The van der Waals surface area contributed by atoms with Gasteiger partial charge in [-0.1, -0.05) is 0 Å². The highest BCUT2D eigenvalue weighted by atomic mass is 19.1. The van der Waals surface area contributed by atoms with Crippen LogP contribution in [0.2, 0.25) is 0 Å². The Bertz CT molecular complexity index is 511. The molecule has 20 heavy (non-hydrogen) atoms. The molecule has 0 bridgehead atoms. The molecular weight excluding hydrogens is 261 g/mol. The van der Waals surface area contributed by atoms with Crippen molar-refractivity contribution in [1.29, 1.82) is 0 Å². The molecule has 2 fully saturated rings. The largest absolute Gasteiger partial charge is 0.507 e. The second-order valence-corrected chi connectivity index (χ2v) is 5.30. The Balaban J connectivity index is 1.65. The third-order valence-corrected chi connectivity index (χ3v) is 4.07. The number of benzene rings is 1. The van der Waals surface area contributed by atoms with Crippen molar-refractivity contribution in [3.8, 4) is 5.75 Å². The van der Waals surface area contributed by atoms with Gasteiger partial charge in [0.2, 0.25) is 0 Å². The summed E-state index contributed by atoms with van der Waals surface area (Å²) in [4.78, 5) is 16.3. The summed E-state index contributed by atoms with van der Waals surface area (Å²) in [5, 5.41) is 12.9. The van der Waals surface area contributed by atoms with Crippen LogP contribution < -0.4 is 5.32 Å². The number of aromatic hydroxyl groups is 1. The minimum absolute atomic E-state index is 0.0451. The predicted octanol–water partition coefficient (Wildman–Crippen LogP) is 0.261. The van der Waals surface area contributed by atoms with E-state index < -0.39 is 5.82 Å². The lowest BCUT2D eigenvalue weighted by Gasteiger charge is -2.43. The Morgan fingerprint density at radius 2 is 1.95 bits per heavy atom. The van der Waals surface area contributed by atoms with E-state index in [1.54, 1.807) is 4.90 Å². The van der Waals surface area contributed by atoms with Gasteiger partial charge in [0.25, 0.3) is 5.91 Å². The zero-order valence-corrected chi connectivity index (χ0v) is 11.2. The molecule has 2 aliphatic rings. The molecule has 2 saturated heterocycles. The van der Waals surface area contributed by atoms with Crippen molar-refractivity contribution in [1.82, 2.24) is 15.1 Å². The van der Waals surface area contributed by atoms with Crippen LogP contribution in [0.25, 0.3) is 0 Å². The monoisotopic (exact) mass is 279 g/mol. The van der Waals surface area contributed by atoms with Gasteiger partial charge in [-0.3, -0.25) is 9.69 Å². The third-order valence-electron chi connectivity index (χ3n) is 4.07. The van der Waals surface area contributed by atoms with Crippen LogP contribution in [0, 0.1) is 5.82 Å². The molecule has 2 aliphatic heterocycles. The minimum Gasteiger partial charge on any atom is -0.507 e. The lowest BCUT2D eigenvalue weighted by molar-refractivity contribution is 0.0499. The van der Waals surface area contributed by atoms with E-state index in [1.807, 2.05) is 0 Å². The number of piperazine rings is 1. The van der Waals surface area contributed by atoms with Gasteiger partial charge in [-0.05, 0) is 18.2 Å². The zero-order chi connectivity index (χ0) is 14.1. The molecule has 1 aromatic carbocycles. The first-order valence-electron chi connectivity index (χ1n) is 6.88. The molecule has 0 aliphatic carbocycles. The van der Waals surface area contributed by atoms with E-state index in [2.05, 4.69) is 10.2 Å². The number of rotatable bonds is 2. The second kappa shape index (κ2) is 5.38. The Morgan fingerprint density at radius 1 is 1.25 bits per heavy atom. The maximum atomic E-state index is 13.2. The van der Waals surface area contributed by atoms with Gasteiger partial charge in [0.05, 0.1) is 5.56 Å². The number of nitrogens with zero attached hydrogens (tertiary/aromatic N) is 2. The summed E-state index contributed by atoms with van der Waals surface area (Å²) in [6.07, 6.45) is 0. The zero-order valence-electron chi connectivity index (χ0n) is 11.2. The third kappa shape index (κ3) is 2.48. The molecule has 5 nitrogen and oxygen atoms in total. The summed E-state index contributed by atoms with van der Waals surface area (Å²) >= 11 is 0. The van der Waals surface area contributed by atoms with E-state index in [-0.39, 0.29) is 17.2 Å². The summed E-state index contributed by atoms with van der Waals surface area (Å²) in [6.45, 7) is 4.91. The SMILES string of the molecule is O=C(c1cc(F)ccc1O)N1CCN(C2CNC2)CC1. The van der Waals surface area contributed by atoms with Gasteiger partial charge >= 0.3 is 0 Å². The van der Waals surface area contributed by atoms with Crippen LogP contribution in [0.1, 0.15) is 10.4 Å². The van der Waals surface area contributed by atoms with Crippen molar-refractivity contribution in [3.63, 3.8) is 0 Å². The van der Waals surface area contributed by atoms with Crippen molar-refractivity contribution in [2.24, 2.45) is 0 Å². The van der Waals surface area contributed by atoms with Gasteiger partial charge in [-0.2, -0.15) is 0 Å². The van der Waals surface area contributed by atoms with Gasteiger partial charge in [-0.25, -0.2) is 4.39 Å². The number of hydrogen-bond donors (Lipinski definition) is 2. The molecular formula is C14H18FN3O2. The Kier molecular flexibility index (Phi) is 3.58. The van der Waals surface area contributed by atoms with Gasteiger partial charge in [0.15, 0.2) is 0 Å². The average Bonchev–Trinajstić information content (AvgIpc) is 2.40. The normalized spacial score (nSPS) is 20.8. The number of halogens is 1. The topological polar surface area (TPSA) is 55.8 Å². The van der Waals surface area contributed by atoms with Gasteiger partial charge < -0.3 is 15.3 Å². The van der Waals surface area contributed by atoms with Crippen molar-refractivity contribution >= 4 is 5.91 Å². The standard InChI is InChI=1S/C14H18FN3O2/c15-10-1-2-13(19)12(7-10)14(20)18-5-3-17(4-6-18)11-8-16-9-11/h1-2,7,11,16,19H,3-6,8-9H2. The molecule has 2 heterocycles. The van der Waals surface area contributed by atoms with Gasteiger partial charge in [-0.15, -0.1) is 0 Å². The minimum atomic E-state index is -0.509. The molecule has 1 amide bonds. The van der Waals surface area contributed by atoms with E-state index >= 15 is 0 Å². The summed E-state index contributed by atoms with van der Waals surface area (Å²) < 4.78 is 13.2. The fourth-order valence-electron chi connectivity index (χ4n) is 2.67. The molecule has 0 aromatic heterocycles. The quantitative estimate of drug-likeness (QED) is 0.815. The van der Waals surface area contributed by atoms with Crippen LogP contribution >= 0.6 is 0 Å². The molecule has 0 radical (unpaired) electrons. The molecule has 3 rings (SSSR count). The Labute approximate surface area is 117 Å². The number of amides is 1. The summed E-state index contributed by atoms with van der Waals surface area (Å²) in [5.41, 5.74) is 0.0451. The number of nitrogens with one attached hydrogen (secondary N) is 1. The van der Waals surface area contributed by atoms with Crippen molar-refractivity contribution in [2.75, 3.05) is 39.3 Å². The van der Waals surface area contributed by atoms with E-state index in [4.69, 9.17) is 0 Å². The Hall–Kier alpha value is -1.66. The number of hydrogen-bond acceptors (Lipinski definition) is 4. The van der Waals surface area contributed by atoms with Crippen molar-refractivity contribution < 1.29 is 14.3 Å². The number of carbonyl (C=O) groups is 1. The molecule has 108 valence electrons. The van der Waals surface area contributed by atoms with Crippen molar-refractivity contribution in [3.05, 3.63) is 29.6 Å². The van der Waals surface area contributed by atoms with Crippen LogP contribution in [0.5, 0.6) is 5.75 Å². The second-order valence-electron chi connectivity index (χ2n) is 5.30. The van der Waals surface area contributed by atoms with Crippen LogP contribution in [-0.4, -0.2) is 66.1 Å². The smallest absolute Gasteiger partial charge is 0.257 e. The molecule has 2 N–H and O–H groups in total. The molecule has 1 aromatic rings. The molecule has 0 atom stereocenters. The highest BCUT2D eigenvalue weighted by Gasteiger charge is 2.30. The maximum absolute atomic E-state index is 13.2. The molecule has 0 spiro atoms. The highest BCUT2D eigenvalue weighted by molar-refractivity contribution is 5.96. The fraction of sp³-hybridized carbons (Fsp3) is 0.500. The number of phenolic OH excluding ortho intramolecular Hbond substituents is 1. The van der Waals surface area contributed by atoms with Crippen LogP contribution in [0.4, 0.5) is 4.39 Å². The van der Waals surface area contributed by atoms with Crippen molar-refractivity contribution in [2.45, 2.75) is 6.04 Å². The van der Waals surface area contributed by atoms with E-state index in [0.717, 1.165) is 38.3 Å². The lowest BCUT2D eigenvalue weighted by atomic mass is 10.1. The van der Waals surface area contributed by atoms with Crippen LogP contribution in [-0.2, 0) is 0 Å². The van der Waals surface area contributed by atoms with Crippen LogP contribution in [0.15, 0.2) is 18.2 Å². The molecule has 6 heteroatoms. The first kappa shape index (κ1) is 13.3. The number of carbonyl (C=O) groups excluding carboxylic acids is 1. The van der Waals surface area contributed by atoms with Gasteiger partial charge in [0.1, 0.15) is 11.6 Å². The Morgan fingerprint density at radius 3 is 2.55 bits per heavy atom. The van der Waals surface area contributed by atoms with E-state index in [0.29, 0.717) is 19.1 Å². The predicted molar refractivity (Wildman–Crippen MR) is 72.2 cm³/mol. The first-order valence-corrected chi connectivity index (χ1v) is 6.88. The lowest BCUT2D eigenvalue weighted by Crippen LogP contribution is -2.62. The van der Waals surface area contributed by atoms with Gasteiger partial charge in [0, 0.05) is 45.3 Å². The molecule has 0 saturated carbocycles. The molecule has 0 unspecified atom stereocenters. The summed E-state index contributed by atoms with van der Waals surface area (Å²) in [6, 6.07) is 4.04. The van der Waals surface area contributed by atoms with Crippen LogP contribution in [0.3, 0.4) is 0 Å². The van der Waals surface area contributed by atoms with E-state index in [9.17, 15) is 14.3 Å². The maximum Gasteiger partial charge on any atom is 0.257 e.